The second-order valence-corrected chi connectivity index (χ2v) is 20.6. The van der Waals surface area contributed by atoms with Gasteiger partial charge in [0, 0.05) is 13.0 Å². The Morgan fingerprint density at radius 2 is 0.810 bits per heavy atom. The summed E-state index contributed by atoms with van der Waals surface area (Å²) in [4.78, 5) is 22.8. The van der Waals surface area contributed by atoms with Crippen molar-refractivity contribution < 1.29 is 28.4 Å². The number of rotatable bonds is 53. The van der Waals surface area contributed by atoms with Crippen molar-refractivity contribution in [3.8, 4) is 0 Å². The molecule has 8 nitrogen and oxygen atoms in total. The molecule has 9 heteroatoms. The van der Waals surface area contributed by atoms with Gasteiger partial charge >= 0.3 is 7.82 Å². The molecule has 0 saturated carbocycles. The Morgan fingerprint density at radius 3 is 1.13 bits per heavy atom. The molecule has 0 aromatic heterocycles. The zero-order valence-electron chi connectivity index (χ0n) is 42.1. The van der Waals surface area contributed by atoms with Gasteiger partial charge in [0.25, 0.3) is 0 Å². The lowest BCUT2D eigenvalue weighted by Crippen LogP contribution is -2.45. The first-order valence-electron chi connectivity index (χ1n) is 27.8. The molecule has 63 heavy (non-hydrogen) atoms. The summed E-state index contributed by atoms with van der Waals surface area (Å²) in [5.41, 5.74) is 5.38. The van der Waals surface area contributed by atoms with Crippen LogP contribution in [0.15, 0.2) is 12.2 Å². The Balaban J connectivity index is 3.76. The van der Waals surface area contributed by atoms with Crippen LogP contribution in [0.4, 0.5) is 0 Å². The minimum atomic E-state index is -4.34. The number of aliphatic hydroxyl groups is 1. The van der Waals surface area contributed by atoms with E-state index in [1.165, 1.54) is 238 Å². The number of allylic oxidation sites excluding steroid dienone is 1. The molecule has 0 rings (SSSR count). The summed E-state index contributed by atoms with van der Waals surface area (Å²) in [5.74, 6) is -0.189. The van der Waals surface area contributed by atoms with Crippen LogP contribution in [0.3, 0.4) is 0 Å². The van der Waals surface area contributed by atoms with Crippen LogP contribution < -0.4 is 11.1 Å². The number of phosphoric acid groups is 1. The zero-order chi connectivity index (χ0) is 46.0. The summed E-state index contributed by atoms with van der Waals surface area (Å²) in [5, 5.41) is 13.7. The third-order valence-corrected chi connectivity index (χ3v) is 13.8. The topological polar surface area (TPSA) is 131 Å². The Morgan fingerprint density at radius 1 is 0.508 bits per heavy atom. The van der Waals surface area contributed by atoms with Gasteiger partial charge in [0.1, 0.15) is 0 Å². The van der Waals surface area contributed by atoms with Gasteiger partial charge in [-0.15, -0.1) is 0 Å². The van der Waals surface area contributed by atoms with Gasteiger partial charge in [0.15, 0.2) is 0 Å². The average Bonchev–Trinajstić information content (AvgIpc) is 3.27. The third-order valence-electron chi connectivity index (χ3n) is 12.9. The Labute approximate surface area is 392 Å². The third kappa shape index (κ3) is 49.0. The standard InChI is InChI=1S/C54H109N2O6P/c1-3-5-7-9-11-13-15-16-17-18-19-20-21-22-23-24-25-26-27-28-29-30-31-32-33-34-35-36-38-40-42-44-46-48-54(58)56-52(51-62-63(59,60)61-50-49-55)53(57)47-45-43-41-39-37-14-12-10-8-6-4-2/h45,47,52-53,57H,3-44,46,48-51,55H2,1-2H3,(H,56,58)(H,59,60)/b47-45+/t52-,53+/m0/s1. The highest BCUT2D eigenvalue weighted by molar-refractivity contribution is 7.47. The van der Waals surface area contributed by atoms with Gasteiger partial charge in [0.2, 0.25) is 5.91 Å². The molecule has 0 spiro atoms. The van der Waals surface area contributed by atoms with E-state index in [9.17, 15) is 19.4 Å². The van der Waals surface area contributed by atoms with Crippen molar-refractivity contribution in [1.29, 1.82) is 0 Å². The van der Waals surface area contributed by atoms with Gasteiger partial charge in [0.05, 0.1) is 25.4 Å². The molecule has 0 aliphatic heterocycles. The van der Waals surface area contributed by atoms with Crippen molar-refractivity contribution in [1.82, 2.24) is 5.32 Å². The fraction of sp³-hybridized carbons (Fsp3) is 0.944. The second kappa shape index (κ2) is 50.6. The molecular weight excluding hydrogens is 804 g/mol. The predicted molar refractivity (Wildman–Crippen MR) is 272 cm³/mol. The van der Waals surface area contributed by atoms with Gasteiger partial charge in [-0.2, -0.15) is 0 Å². The molecule has 5 N–H and O–H groups in total. The molecule has 0 bridgehead atoms. The smallest absolute Gasteiger partial charge is 0.387 e. The number of nitrogens with two attached hydrogens (primary N) is 1. The highest BCUT2D eigenvalue weighted by Gasteiger charge is 2.27. The van der Waals surface area contributed by atoms with Gasteiger partial charge in [-0.3, -0.25) is 13.8 Å². The molecule has 0 fully saturated rings. The Bertz CT molecular complexity index is 999. The number of carbonyl (C=O) groups is 1. The summed E-state index contributed by atoms with van der Waals surface area (Å²) in [6.07, 6.45) is 60.4. The fourth-order valence-electron chi connectivity index (χ4n) is 8.67. The number of hydrogen-bond acceptors (Lipinski definition) is 6. The van der Waals surface area contributed by atoms with Crippen LogP contribution in [0.5, 0.6) is 0 Å². The lowest BCUT2D eigenvalue weighted by molar-refractivity contribution is -0.123. The number of aliphatic hydroxyl groups excluding tert-OH is 1. The molecule has 1 amide bonds. The van der Waals surface area contributed by atoms with E-state index < -0.39 is 20.0 Å². The van der Waals surface area contributed by atoms with Crippen LogP contribution in [0.1, 0.15) is 296 Å². The van der Waals surface area contributed by atoms with Gasteiger partial charge < -0.3 is 21.1 Å². The number of nitrogens with one attached hydrogen (secondary N) is 1. The zero-order valence-corrected chi connectivity index (χ0v) is 43.0. The number of amides is 1. The van der Waals surface area contributed by atoms with Crippen LogP contribution in [-0.4, -0.2) is 47.8 Å². The first kappa shape index (κ1) is 62.2. The first-order valence-corrected chi connectivity index (χ1v) is 29.3. The fourth-order valence-corrected chi connectivity index (χ4v) is 9.43. The maximum Gasteiger partial charge on any atom is 0.472 e. The molecule has 0 heterocycles. The minimum Gasteiger partial charge on any atom is -0.387 e. The largest absolute Gasteiger partial charge is 0.472 e. The summed E-state index contributed by atoms with van der Waals surface area (Å²) in [6, 6.07) is -0.855. The van der Waals surface area contributed by atoms with Crippen LogP contribution in [-0.2, 0) is 18.4 Å². The minimum absolute atomic E-state index is 0.0814. The van der Waals surface area contributed by atoms with E-state index in [0.717, 1.165) is 38.5 Å². The molecule has 0 saturated heterocycles. The molecule has 0 radical (unpaired) electrons. The number of unbranched alkanes of at least 4 members (excludes halogenated alkanes) is 41. The van der Waals surface area contributed by atoms with E-state index in [0.29, 0.717) is 6.42 Å². The summed E-state index contributed by atoms with van der Waals surface area (Å²) < 4.78 is 22.2. The van der Waals surface area contributed by atoms with Crippen LogP contribution >= 0.6 is 7.82 Å². The Kier molecular flexibility index (Phi) is 50.0. The number of carbonyl (C=O) groups excluding carboxylic acids is 1. The number of hydrogen-bond donors (Lipinski definition) is 4. The second-order valence-electron chi connectivity index (χ2n) is 19.2. The molecule has 0 aliphatic rings. The van der Waals surface area contributed by atoms with Crippen molar-refractivity contribution in [2.24, 2.45) is 5.73 Å². The highest BCUT2D eigenvalue weighted by Crippen LogP contribution is 2.43. The lowest BCUT2D eigenvalue weighted by atomic mass is 10.0. The van der Waals surface area contributed by atoms with E-state index in [1.807, 2.05) is 6.08 Å². The summed E-state index contributed by atoms with van der Waals surface area (Å²) in [7, 11) is -4.34. The van der Waals surface area contributed by atoms with Crippen molar-refractivity contribution >= 4 is 13.7 Å². The summed E-state index contributed by atoms with van der Waals surface area (Å²) in [6.45, 7) is 4.16. The first-order chi connectivity index (χ1) is 30.9. The van der Waals surface area contributed by atoms with Crippen molar-refractivity contribution in [2.45, 2.75) is 309 Å². The average molecular weight is 913 g/mol. The van der Waals surface area contributed by atoms with Crippen LogP contribution in [0.25, 0.3) is 0 Å². The van der Waals surface area contributed by atoms with E-state index in [-0.39, 0.29) is 25.7 Å². The highest BCUT2D eigenvalue weighted by atomic mass is 31.2. The Hall–Kier alpha value is -0.760. The maximum atomic E-state index is 12.8. The quantitative estimate of drug-likeness (QED) is 0.0271. The molecule has 1 unspecified atom stereocenters. The normalized spacial score (nSPS) is 13.8. The van der Waals surface area contributed by atoms with Crippen molar-refractivity contribution in [2.75, 3.05) is 19.8 Å². The van der Waals surface area contributed by atoms with Gasteiger partial charge in [-0.05, 0) is 19.3 Å². The van der Waals surface area contributed by atoms with E-state index in [2.05, 4.69) is 19.2 Å². The van der Waals surface area contributed by atoms with Crippen LogP contribution in [0, 0.1) is 0 Å². The summed E-state index contributed by atoms with van der Waals surface area (Å²) >= 11 is 0. The van der Waals surface area contributed by atoms with E-state index in [4.69, 9.17) is 14.8 Å². The maximum absolute atomic E-state index is 12.8. The molecule has 0 aromatic carbocycles. The molecule has 0 aliphatic carbocycles. The van der Waals surface area contributed by atoms with Crippen LogP contribution in [0.2, 0.25) is 0 Å². The molecule has 376 valence electrons. The molecular formula is C54H109N2O6P. The van der Waals surface area contributed by atoms with Gasteiger partial charge in [-0.25, -0.2) is 4.57 Å². The van der Waals surface area contributed by atoms with E-state index in [1.54, 1.807) is 6.08 Å². The SMILES string of the molecule is CCCCCCCCCCC/C=C/[C@@H](O)[C@H](COP(=O)(O)OCCN)NC(=O)CCCCCCCCCCCCCCCCCCCCCCCCCCCCCCCCCCC. The van der Waals surface area contributed by atoms with E-state index >= 15 is 0 Å². The van der Waals surface area contributed by atoms with Gasteiger partial charge in [-0.1, -0.05) is 283 Å². The number of phosphoric ester groups is 1. The van der Waals surface area contributed by atoms with Crippen molar-refractivity contribution in [3.05, 3.63) is 12.2 Å². The van der Waals surface area contributed by atoms with Crippen molar-refractivity contribution in [3.63, 3.8) is 0 Å². The monoisotopic (exact) mass is 913 g/mol. The lowest BCUT2D eigenvalue weighted by Gasteiger charge is -2.23. The molecule has 0 aromatic rings. The molecule has 3 atom stereocenters. The predicted octanol–water partition coefficient (Wildman–Crippen LogP) is 16.7.